The monoisotopic (exact) mass is 273 g/mol. The minimum absolute atomic E-state index is 0.0955. The predicted molar refractivity (Wildman–Crippen MR) is 82.1 cm³/mol. The fourth-order valence-corrected chi connectivity index (χ4v) is 1.82. The summed E-state index contributed by atoms with van der Waals surface area (Å²) in [4.78, 5) is 0. The van der Waals surface area contributed by atoms with Gasteiger partial charge in [-0.1, -0.05) is 38.1 Å². The zero-order valence-corrected chi connectivity index (χ0v) is 13.1. The van der Waals surface area contributed by atoms with Crippen molar-refractivity contribution in [3.05, 3.63) is 30.5 Å². The van der Waals surface area contributed by atoms with Crippen LogP contribution in [0.4, 0.5) is 0 Å². The highest BCUT2D eigenvalue weighted by atomic mass is 16.5. The van der Waals surface area contributed by atoms with E-state index in [1.54, 1.807) is 6.26 Å². The van der Waals surface area contributed by atoms with E-state index in [9.17, 15) is 0 Å². The van der Waals surface area contributed by atoms with Crippen LogP contribution in [0.5, 0.6) is 0 Å². The summed E-state index contributed by atoms with van der Waals surface area (Å²) in [7, 11) is 0. The summed E-state index contributed by atoms with van der Waals surface area (Å²) < 4.78 is 7.70. The molecule has 0 saturated carbocycles. The minimum Gasteiger partial charge on any atom is -0.494 e. The Balaban J connectivity index is 2.52. The molecule has 1 heterocycles. The molecule has 0 radical (unpaired) electrons. The van der Waals surface area contributed by atoms with E-state index < -0.39 is 0 Å². The number of hydrogen-bond acceptors (Lipinski definition) is 3. The van der Waals surface area contributed by atoms with E-state index in [0.717, 1.165) is 16.7 Å². The first-order chi connectivity index (χ1) is 9.18. The van der Waals surface area contributed by atoms with E-state index in [-0.39, 0.29) is 11.0 Å². The molecule has 0 aliphatic carbocycles. The molecule has 0 atom stereocenters. The number of nitrogens with zero attached hydrogens (tertiary/aromatic N) is 3. The van der Waals surface area contributed by atoms with Crippen molar-refractivity contribution in [2.45, 2.75) is 47.1 Å². The van der Waals surface area contributed by atoms with Crippen molar-refractivity contribution >= 4 is 16.7 Å². The second-order valence-corrected chi connectivity index (χ2v) is 6.97. The molecule has 0 unspecified atom stereocenters. The van der Waals surface area contributed by atoms with E-state index in [0.29, 0.717) is 0 Å². The fourth-order valence-electron chi connectivity index (χ4n) is 1.82. The van der Waals surface area contributed by atoms with Gasteiger partial charge in [0.2, 0.25) is 0 Å². The molecule has 0 fully saturated rings. The van der Waals surface area contributed by atoms with Crippen molar-refractivity contribution in [3.63, 3.8) is 0 Å². The predicted octanol–water partition coefficient (Wildman–Crippen LogP) is 4.09. The molecule has 0 aliphatic rings. The van der Waals surface area contributed by atoms with Crippen LogP contribution in [0.15, 0.2) is 30.5 Å². The van der Waals surface area contributed by atoms with Gasteiger partial charge in [-0.15, -0.1) is 5.10 Å². The van der Waals surface area contributed by atoms with Crippen LogP contribution in [-0.2, 0) is 4.74 Å². The van der Waals surface area contributed by atoms with Gasteiger partial charge >= 0.3 is 0 Å². The molecule has 0 amide bonds. The quantitative estimate of drug-likeness (QED) is 0.774. The molecule has 0 aliphatic heterocycles. The highest BCUT2D eigenvalue weighted by molar-refractivity contribution is 5.78. The smallest absolute Gasteiger partial charge is 0.113 e. The molecule has 20 heavy (non-hydrogen) atoms. The number of benzene rings is 1. The summed E-state index contributed by atoms with van der Waals surface area (Å²) in [5.41, 5.74) is 2.54. The molecule has 108 valence electrons. The van der Waals surface area contributed by atoms with Gasteiger partial charge in [-0.05, 0) is 32.9 Å². The van der Waals surface area contributed by atoms with E-state index in [1.807, 2.05) is 49.7 Å². The lowest BCUT2D eigenvalue weighted by molar-refractivity contribution is 0.0755. The molecule has 0 N–H and O–H groups in total. The first kappa shape index (κ1) is 14.6. The zero-order valence-electron chi connectivity index (χ0n) is 13.1. The van der Waals surface area contributed by atoms with Crippen LogP contribution in [0.3, 0.4) is 0 Å². The van der Waals surface area contributed by atoms with Crippen LogP contribution in [0.1, 0.15) is 41.5 Å². The number of ether oxygens (including phenoxy) is 1. The maximum Gasteiger partial charge on any atom is 0.113 e. The fraction of sp³-hybridized carbons (Fsp3) is 0.500. The normalized spacial score (nSPS) is 13.8. The van der Waals surface area contributed by atoms with Crippen molar-refractivity contribution in [2.75, 3.05) is 0 Å². The van der Waals surface area contributed by atoms with Gasteiger partial charge < -0.3 is 4.74 Å². The van der Waals surface area contributed by atoms with Crippen LogP contribution in [0, 0.1) is 5.41 Å². The number of fused-ring (bicyclic) bond motifs is 1. The van der Waals surface area contributed by atoms with Crippen molar-refractivity contribution in [3.8, 4) is 0 Å². The molecule has 2 aromatic rings. The van der Waals surface area contributed by atoms with Gasteiger partial charge in [0.1, 0.15) is 11.8 Å². The highest BCUT2D eigenvalue weighted by Crippen LogP contribution is 2.31. The third-order valence-electron chi connectivity index (χ3n) is 2.87. The largest absolute Gasteiger partial charge is 0.494 e. The Kier molecular flexibility index (Phi) is 3.59. The van der Waals surface area contributed by atoms with Crippen molar-refractivity contribution in [2.24, 2.45) is 5.41 Å². The number of rotatable bonds is 2. The first-order valence-electron chi connectivity index (χ1n) is 6.88. The first-order valence-corrected chi connectivity index (χ1v) is 6.88. The molecule has 0 spiro atoms. The van der Waals surface area contributed by atoms with Gasteiger partial charge in [-0.3, -0.25) is 0 Å². The van der Waals surface area contributed by atoms with E-state index in [2.05, 4.69) is 31.1 Å². The number of aromatic nitrogens is 3. The summed E-state index contributed by atoms with van der Waals surface area (Å²) in [6.07, 6.45) is 1.81. The molecular formula is C16H23N3O. The summed E-state index contributed by atoms with van der Waals surface area (Å²) in [6.45, 7) is 12.5. The second kappa shape index (κ2) is 4.93. The van der Waals surface area contributed by atoms with Crippen molar-refractivity contribution in [1.82, 2.24) is 15.0 Å². The van der Waals surface area contributed by atoms with Gasteiger partial charge in [-0.2, -0.15) is 0 Å². The summed E-state index contributed by atoms with van der Waals surface area (Å²) >= 11 is 0. The Morgan fingerprint density at radius 3 is 2.35 bits per heavy atom. The number of hydrogen-bond donors (Lipinski definition) is 0. The third kappa shape index (κ3) is 3.18. The van der Waals surface area contributed by atoms with E-state index in [4.69, 9.17) is 4.74 Å². The van der Waals surface area contributed by atoms with Crippen LogP contribution in [0.25, 0.3) is 16.7 Å². The number of para-hydroxylation sites is 1. The average molecular weight is 273 g/mol. The van der Waals surface area contributed by atoms with Gasteiger partial charge in [0.05, 0.1) is 16.8 Å². The van der Waals surface area contributed by atoms with Crippen LogP contribution in [0.2, 0.25) is 0 Å². The molecular weight excluding hydrogens is 250 g/mol. The minimum atomic E-state index is -0.229. The Labute approximate surface area is 120 Å². The summed E-state index contributed by atoms with van der Waals surface area (Å²) in [5.74, 6) is 0. The summed E-state index contributed by atoms with van der Waals surface area (Å²) in [6, 6.07) is 7.94. The number of allylic oxidation sites excluding steroid dienone is 1. The Hall–Kier alpha value is -1.84. The van der Waals surface area contributed by atoms with Gasteiger partial charge in [-0.25, -0.2) is 4.68 Å². The van der Waals surface area contributed by atoms with Crippen LogP contribution >= 0.6 is 0 Å². The van der Waals surface area contributed by atoms with Gasteiger partial charge in [0.25, 0.3) is 0 Å². The lowest BCUT2D eigenvalue weighted by Gasteiger charge is -2.25. The van der Waals surface area contributed by atoms with Crippen molar-refractivity contribution in [1.29, 1.82) is 0 Å². The molecule has 0 bridgehead atoms. The third-order valence-corrected chi connectivity index (χ3v) is 2.87. The SMILES string of the molecule is CC(C)(C)O/C=C(/n1nnc2ccccc21)C(C)(C)C. The molecule has 1 aromatic carbocycles. The lowest BCUT2D eigenvalue weighted by atomic mass is 9.92. The molecule has 1 aromatic heterocycles. The summed E-state index contributed by atoms with van der Waals surface area (Å²) in [5, 5.41) is 8.50. The topological polar surface area (TPSA) is 39.9 Å². The molecule has 4 heteroatoms. The van der Waals surface area contributed by atoms with Crippen molar-refractivity contribution < 1.29 is 4.74 Å². The molecule has 0 saturated heterocycles. The highest BCUT2D eigenvalue weighted by Gasteiger charge is 2.23. The second-order valence-electron chi connectivity index (χ2n) is 6.97. The zero-order chi connectivity index (χ0) is 15.0. The van der Waals surface area contributed by atoms with Crippen LogP contribution < -0.4 is 0 Å². The van der Waals surface area contributed by atoms with E-state index >= 15 is 0 Å². The standard InChI is InChI=1S/C16H23N3O/c1-15(2,3)14(11-20-16(4,5)6)19-13-10-8-7-9-12(13)17-18-19/h7-11H,1-6H3/b14-11+. The van der Waals surface area contributed by atoms with Crippen LogP contribution in [-0.4, -0.2) is 20.6 Å². The van der Waals surface area contributed by atoms with E-state index in [1.165, 1.54) is 0 Å². The van der Waals surface area contributed by atoms with Gasteiger partial charge in [0.15, 0.2) is 0 Å². The Morgan fingerprint density at radius 1 is 1.10 bits per heavy atom. The Bertz CT molecular complexity index is 627. The Morgan fingerprint density at radius 2 is 1.75 bits per heavy atom. The maximum atomic E-state index is 5.84. The maximum absolute atomic E-state index is 5.84. The van der Waals surface area contributed by atoms with Gasteiger partial charge in [0, 0.05) is 5.41 Å². The molecule has 4 nitrogen and oxygen atoms in total. The average Bonchev–Trinajstić information content (AvgIpc) is 2.70. The molecule has 2 rings (SSSR count). The lowest BCUT2D eigenvalue weighted by Crippen LogP contribution is -2.20.